The van der Waals surface area contributed by atoms with Crippen molar-refractivity contribution in [2.24, 2.45) is 0 Å². The van der Waals surface area contributed by atoms with Gasteiger partial charge in [0.1, 0.15) is 0 Å². The topological polar surface area (TPSA) is 38.3 Å². The molecule has 0 spiro atoms. The highest BCUT2D eigenvalue weighted by Crippen LogP contribution is 2.34. The molecule has 1 fully saturated rings. The van der Waals surface area contributed by atoms with Crippen molar-refractivity contribution in [1.82, 2.24) is 5.32 Å². The van der Waals surface area contributed by atoms with Crippen LogP contribution in [0, 0.1) is 6.92 Å². The van der Waals surface area contributed by atoms with Gasteiger partial charge in [0.05, 0.1) is 5.60 Å². The van der Waals surface area contributed by atoms with Crippen molar-refractivity contribution < 1.29 is 9.53 Å². The lowest BCUT2D eigenvalue weighted by Gasteiger charge is -2.40. The van der Waals surface area contributed by atoms with Crippen molar-refractivity contribution in [3.63, 3.8) is 0 Å². The van der Waals surface area contributed by atoms with Crippen molar-refractivity contribution in [2.75, 3.05) is 13.7 Å². The summed E-state index contributed by atoms with van der Waals surface area (Å²) in [5.41, 5.74) is 1.63. The van der Waals surface area contributed by atoms with Gasteiger partial charge >= 0.3 is 0 Å². The average molecular weight is 312 g/mol. The SMILES string of the molecule is COC1(CNC(=O)c2cc(C)cc(Br)c2)CCC1. The Morgan fingerprint density at radius 1 is 1.44 bits per heavy atom. The summed E-state index contributed by atoms with van der Waals surface area (Å²) in [6.45, 7) is 2.57. The minimum absolute atomic E-state index is 0.0391. The molecule has 1 aliphatic rings. The molecule has 0 heterocycles. The van der Waals surface area contributed by atoms with E-state index >= 15 is 0 Å². The Morgan fingerprint density at radius 3 is 2.67 bits per heavy atom. The van der Waals surface area contributed by atoms with Gasteiger partial charge in [-0.15, -0.1) is 0 Å². The van der Waals surface area contributed by atoms with E-state index in [4.69, 9.17) is 4.74 Å². The highest BCUT2D eigenvalue weighted by atomic mass is 79.9. The number of carbonyl (C=O) groups excluding carboxylic acids is 1. The first-order valence-corrected chi connectivity index (χ1v) is 6.94. The summed E-state index contributed by atoms with van der Waals surface area (Å²) in [5, 5.41) is 2.96. The molecule has 18 heavy (non-hydrogen) atoms. The first-order valence-electron chi connectivity index (χ1n) is 6.15. The third kappa shape index (κ3) is 2.93. The van der Waals surface area contributed by atoms with Gasteiger partial charge in [0.25, 0.3) is 5.91 Å². The number of amides is 1. The number of methoxy groups -OCH3 is 1. The summed E-state index contributed by atoms with van der Waals surface area (Å²) in [5.74, 6) is -0.0391. The number of ether oxygens (including phenoxy) is 1. The predicted molar refractivity (Wildman–Crippen MR) is 74.8 cm³/mol. The molecule has 98 valence electrons. The van der Waals surface area contributed by atoms with Gasteiger partial charge < -0.3 is 10.1 Å². The van der Waals surface area contributed by atoms with E-state index in [-0.39, 0.29) is 11.5 Å². The summed E-state index contributed by atoms with van der Waals surface area (Å²) in [6, 6.07) is 5.71. The lowest BCUT2D eigenvalue weighted by Crippen LogP contribution is -2.49. The number of hydrogen-bond donors (Lipinski definition) is 1. The number of aryl methyl sites for hydroxylation is 1. The van der Waals surface area contributed by atoms with Gasteiger partial charge in [0.2, 0.25) is 0 Å². The van der Waals surface area contributed by atoms with Crippen LogP contribution in [0.15, 0.2) is 22.7 Å². The number of hydrogen-bond acceptors (Lipinski definition) is 2. The van der Waals surface area contributed by atoms with Crippen LogP contribution in [0.2, 0.25) is 0 Å². The molecule has 1 aliphatic carbocycles. The minimum Gasteiger partial charge on any atom is -0.376 e. The number of nitrogens with one attached hydrogen (secondary N) is 1. The molecular formula is C14H18BrNO2. The Bertz CT molecular complexity index is 429. The van der Waals surface area contributed by atoms with Crippen LogP contribution in [0.1, 0.15) is 35.2 Å². The fourth-order valence-electron chi connectivity index (χ4n) is 2.24. The predicted octanol–water partition coefficient (Wildman–Crippen LogP) is 3.06. The van der Waals surface area contributed by atoms with Crippen molar-refractivity contribution in [3.8, 4) is 0 Å². The molecule has 1 aromatic carbocycles. The molecule has 0 saturated heterocycles. The maximum Gasteiger partial charge on any atom is 0.251 e. The van der Waals surface area contributed by atoms with Crippen molar-refractivity contribution in [1.29, 1.82) is 0 Å². The summed E-state index contributed by atoms with van der Waals surface area (Å²) < 4.78 is 6.41. The van der Waals surface area contributed by atoms with Crippen LogP contribution in [-0.2, 0) is 4.74 Å². The van der Waals surface area contributed by atoms with E-state index in [9.17, 15) is 4.79 Å². The monoisotopic (exact) mass is 311 g/mol. The molecule has 0 atom stereocenters. The maximum atomic E-state index is 12.1. The fraction of sp³-hybridized carbons (Fsp3) is 0.500. The third-order valence-electron chi connectivity index (χ3n) is 3.57. The first kappa shape index (κ1) is 13.6. The zero-order chi connectivity index (χ0) is 13.2. The molecule has 0 radical (unpaired) electrons. The van der Waals surface area contributed by atoms with Crippen LogP contribution >= 0.6 is 15.9 Å². The zero-order valence-electron chi connectivity index (χ0n) is 10.8. The molecular weight excluding hydrogens is 294 g/mol. The summed E-state index contributed by atoms with van der Waals surface area (Å²) in [4.78, 5) is 12.1. The van der Waals surface area contributed by atoms with Gasteiger partial charge in [-0.3, -0.25) is 4.79 Å². The van der Waals surface area contributed by atoms with Gasteiger partial charge in [0.15, 0.2) is 0 Å². The number of benzene rings is 1. The zero-order valence-corrected chi connectivity index (χ0v) is 12.3. The smallest absolute Gasteiger partial charge is 0.251 e. The van der Waals surface area contributed by atoms with E-state index in [0.29, 0.717) is 12.1 Å². The van der Waals surface area contributed by atoms with Crippen molar-refractivity contribution >= 4 is 21.8 Å². The van der Waals surface area contributed by atoms with Crippen LogP contribution in [-0.4, -0.2) is 25.2 Å². The van der Waals surface area contributed by atoms with Crippen molar-refractivity contribution in [3.05, 3.63) is 33.8 Å². The molecule has 3 nitrogen and oxygen atoms in total. The summed E-state index contributed by atoms with van der Waals surface area (Å²) in [6.07, 6.45) is 3.24. The van der Waals surface area contributed by atoms with Crippen LogP contribution in [0.4, 0.5) is 0 Å². The molecule has 0 aromatic heterocycles. The molecule has 1 aromatic rings. The lowest BCUT2D eigenvalue weighted by atomic mass is 9.80. The van der Waals surface area contributed by atoms with Gasteiger partial charge in [-0.2, -0.15) is 0 Å². The van der Waals surface area contributed by atoms with Gasteiger partial charge in [0, 0.05) is 23.7 Å². The molecule has 0 aliphatic heterocycles. The Balaban J connectivity index is 1.99. The summed E-state index contributed by atoms with van der Waals surface area (Å²) in [7, 11) is 1.72. The molecule has 1 N–H and O–H groups in total. The van der Waals surface area contributed by atoms with Crippen LogP contribution < -0.4 is 5.32 Å². The Kier molecular flexibility index (Phi) is 4.07. The average Bonchev–Trinajstić information content (AvgIpc) is 2.26. The molecule has 2 rings (SSSR count). The Morgan fingerprint density at radius 2 is 2.17 bits per heavy atom. The van der Waals surface area contributed by atoms with E-state index in [1.54, 1.807) is 7.11 Å². The molecule has 0 unspecified atom stereocenters. The standard InChI is InChI=1S/C14H18BrNO2/c1-10-6-11(8-12(15)7-10)13(17)16-9-14(18-2)4-3-5-14/h6-8H,3-5,9H2,1-2H3,(H,16,17). The number of halogens is 1. The second-order valence-corrected chi connectivity index (χ2v) is 5.86. The quantitative estimate of drug-likeness (QED) is 0.928. The van der Waals surface area contributed by atoms with Gasteiger partial charge in [-0.05, 0) is 49.9 Å². The van der Waals surface area contributed by atoms with Crippen LogP contribution in [0.5, 0.6) is 0 Å². The van der Waals surface area contributed by atoms with E-state index in [1.165, 1.54) is 6.42 Å². The highest BCUT2D eigenvalue weighted by molar-refractivity contribution is 9.10. The van der Waals surface area contributed by atoms with E-state index in [1.807, 2.05) is 25.1 Å². The van der Waals surface area contributed by atoms with Crippen molar-refractivity contribution in [2.45, 2.75) is 31.8 Å². The van der Waals surface area contributed by atoms with E-state index < -0.39 is 0 Å². The largest absolute Gasteiger partial charge is 0.376 e. The van der Waals surface area contributed by atoms with Crippen LogP contribution in [0.25, 0.3) is 0 Å². The Hall–Kier alpha value is -0.870. The van der Waals surface area contributed by atoms with Crippen LogP contribution in [0.3, 0.4) is 0 Å². The molecule has 0 bridgehead atoms. The normalized spacial score (nSPS) is 17.1. The number of rotatable bonds is 4. The fourth-order valence-corrected chi connectivity index (χ4v) is 2.84. The maximum absolute atomic E-state index is 12.1. The van der Waals surface area contributed by atoms with Gasteiger partial charge in [-0.1, -0.05) is 15.9 Å². The Labute approximate surface area is 116 Å². The molecule has 1 amide bonds. The van der Waals surface area contributed by atoms with E-state index in [0.717, 1.165) is 22.9 Å². The molecule has 1 saturated carbocycles. The second-order valence-electron chi connectivity index (χ2n) is 4.94. The third-order valence-corrected chi connectivity index (χ3v) is 4.03. The molecule has 4 heteroatoms. The second kappa shape index (κ2) is 5.41. The summed E-state index contributed by atoms with van der Waals surface area (Å²) >= 11 is 3.41. The lowest BCUT2D eigenvalue weighted by molar-refractivity contribution is -0.0679. The van der Waals surface area contributed by atoms with Gasteiger partial charge in [-0.25, -0.2) is 0 Å². The highest BCUT2D eigenvalue weighted by Gasteiger charge is 2.37. The number of carbonyl (C=O) groups is 1. The first-order chi connectivity index (χ1) is 8.54. The van der Waals surface area contributed by atoms with E-state index in [2.05, 4.69) is 21.2 Å². The minimum atomic E-state index is -0.128.